The Morgan fingerprint density at radius 1 is 0.789 bits per heavy atom. The molecule has 0 fully saturated rings. The molecule has 6 nitrogen and oxygen atoms in total. The zero-order chi connectivity index (χ0) is 14.3. The van der Waals surface area contributed by atoms with Gasteiger partial charge in [-0.3, -0.25) is 20.2 Å². The maximum atomic E-state index is 10.2. The van der Waals surface area contributed by atoms with Crippen molar-refractivity contribution in [2.75, 3.05) is 0 Å². The molecule has 0 spiro atoms. The van der Waals surface area contributed by atoms with E-state index in [4.69, 9.17) is 11.6 Å². The van der Waals surface area contributed by atoms with Crippen LogP contribution in [0.5, 0.6) is 0 Å². The molecule has 0 radical (unpaired) electrons. The van der Waals surface area contributed by atoms with Crippen LogP contribution in [0.15, 0.2) is 54.6 Å². The fraction of sp³-hybridized carbons (Fsp3) is 0. The van der Waals surface area contributed by atoms with Gasteiger partial charge in [0.05, 0.1) is 15.9 Å². The lowest BCUT2D eigenvalue weighted by atomic mass is 10.3. The highest BCUT2D eigenvalue weighted by Crippen LogP contribution is 2.18. The Balaban J connectivity index is 0.000000218. The molecule has 0 amide bonds. The van der Waals surface area contributed by atoms with E-state index in [-0.39, 0.29) is 11.4 Å². The number of non-ortho nitro benzene ring substituents is 2. The zero-order valence-electron chi connectivity index (χ0n) is 9.60. The van der Waals surface area contributed by atoms with Crippen LogP contribution in [0.4, 0.5) is 11.4 Å². The maximum Gasteiger partial charge on any atom is 0.276 e. The van der Waals surface area contributed by atoms with Crippen LogP contribution in [0.2, 0.25) is 5.02 Å². The van der Waals surface area contributed by atoms with Gasteiger partial charge in [0.1, 0.15) is 0 Å². The summed E-state index contributed by atoms with van der Waals surface area (Å²) in [6, 6.07) is 14.0. The minimum atomic E-state index is -0.674. The summed E-state index contributed by atoms with van der Waals surface area (Å²) in [6.45, 7) is 0. The van der Waals surface area contributed by atoms with Crippen molar-refractivity contribution in [3.05, 3.63) is 79.8 Å². The van der Waals surface area contributed by atoms with Crippen molar-refractivity contribution in [1.29, 1.82) is 0 Å². The Labute approximate surface area is 113 Å². The monoisotopic (exact) mass is 280 g/mol. The third-order valence-electron chi connectivity index (χ3n) is 1.98. The molecule has 0 N–H and O–H groups in total. The fourth-order valence-corrected chi connectivity index (χ4v) is 1.28. The van der Waals surface area contributed by atoms with Gasteiger partial charge in [0, 0.05) is 17.2 Å². The Morgan fingerprint density at radius 3 is 1.58 bits per heavy atom. The molecule has 2 aromatic rings. The highest BCUT2D eigenvalue weighted by atomic mass is 35.5. The predicted octanol–water partition coefficient (Wildman–Crippen LogP) is 3.84. The highest BCUT2D eigenvalue weighted by molar-refractivity contribution is 6.30. The quantitative estimate of drug-likeness (QED) is 0.617. The second kappa shape index (κ2) is 7.07. The number of benzene rings is 2. The van der Waals surface area contributed by atoms with Gasteiger partial charge in [-0.25, -0.2) is 0 Å². The molecule has 0 saturated carbocycles. The first-order chi connectivity index (χ1) is 9.00. The molecule has 0 bridgehead atoms. The predicted molar refractivity (Wildman–Crippen MR) is 71.2 cm³/mol. The molecule has 0 aromatic heterocycles. The third-order valence-corrected chi connectivity index (χ3v) is 2.24. The molecule has 0 atom stereocenters. The van der Waals surface area contributed by atoms with E-state index in [1.807, 2.05) is 30.3 Å². The Kier molecular flexibility index (Phi) is 5.43. The van der Waals surface area contributed by atoms with E-state index in [0.29, 0.717) is 0 Å². The highest BCUT2D eigenvalue weighted by Gasteiger charge is 2.11. The number of halogens is 1. The summed E-state index contributed by atoms with van der Waals surface area (Å²) in [6.07, 6.45) is 0. The van der Waals surface area contributed by atoms with E-state index >= 15 is 0 Å². The number of rotatable bonds is 2. The summed E-state index contributed by atoms with van der Waals surface area (Å²) in [5.74, 6) is 0. The van der Waals surface area contributed by atoms with Crippen molar-refractivity contribution in [2.24, 2.45) is 0 Å². The van der Waals surface area contributed by atoms with Crippen LogP contribution in [0.1, 0.15) is 0 Å². The van der Waals surface area contributed by atoms with Gasteiger partial charge in [0.15, 0.2) is 0 Å². The molecule has 0 aliphatic heterocycles. The first-order valence-electron chi connectivity index (χ1n) is 5.10. The fourth-order valence-electron chi connectivity index (χ4n) is 1.13. The van der Waals surface area contributed by atoms with Gasteiger partial charge in [0.2, 0.25) is 0 Å². The summed E-state index contributed by atoms with van der Waals surface area (Å²) >= 11 is 5.54. The first-order valence-corrected chi connectivity index (χ1v) is 5.48. The molecule has 2 rings (SSSR count). The largest absolute Gasteiger partial charge is 0.276 e. The van der Waals surface area contributed by atoms with Gasteiger partial charge in [-0.05, 0) is 18.2 Å². The summed E-state index contributed by atoms with van der Waals surface area (Å²) in [5.41, 5.74) is -0.548. The minimum absolute atomic E-state index is 0.274. The van der Waals surface area contributed by atoms with Crippen molar-refractivity contribution in [2.45, 2.75) is 0 Å². The number of nitro benzene ring substituents is 2. The SMILES string of the molecule is Clc1ccccc1.O=[N+]([O-])c1cccc([N+](=O)[O-])c1. The van der Waals surface area contributed by atoms with E-state index in [0.717, 1.165) is 11.1 Å². The zero-order valence-corrected chi connectivity index (χ0v) is 10.4. The van der Waals surface area contributed by atoms with Crippen LogP contribution in [-0.2, 0) is 0 Å². The molecule has 0 saturated heterocycles. The van der Waals surface area contributed by atoms with Gasteiger partial charge in [-0.15, -0.1) is 0 Å². The van der Waals surface area contributed by atoms with Gasteiger partial charge < -0.3 is 0 Å². The molecule has 0 aliphatic rings. The molecular weight excluding hydrogens is 272 g/mol. The van der Waals surface area contributed by atoms with Crippen molar-refractivity contribution in [1.82, 2.24) is 0 Å². The van der Waals surface area contributed by atoms with E-state index in [9.17, 15) is 20.2 Å². The van der Waals surface area contributed by atoms with Gasteiger partial charge >= 0.3 is 0 Å². The van der Waals surface area contributed by atoms with Gasteiger partial charge in [0.25, 0.3) is 11.4 Å². The van der Waals surface area contributed by atoms with Crippen LogP contribution >= 0.6 is 11.6 Å². The van der Waals surface area contributed by atoms with E-state index in [2.05, 4.69) is 0 Å². The number of nitro groups is 2. The molecule has 0 unspecified atom stereocenters. The van der Waals surface area contributed by atoms with Gasteiger partial charge in [-0.1, -0.05) is 29.8 Å². The first kappa shape index (κ1) is 14.6. The number of hydrogen-bond acceptors (Lipinski definition) is 4. The van der Waals surface area contributed by atoms with Crippen molar-refractivity contribution in [3.63, 3.8) is 0 Å². The molecule has 7 heteroatoms. The average Bonchev–Trinajstić information content (AvgIpc) is 2.40. The average molecular weight is 281 g/mol. The third kappa shape index (κ3) is 5.13. The molecule has 0 aliphatic carbocycles. The minimum Gasteiger partial charge on any atom is -0.258 e. The molecule has 2 aromatic carbocycles. The smallest absolute Gasteiger partial charge is 0.258 e. The van der Waals surface area contributed by atoms with Crippen LogP contribution in [0.3, 0.4) is 0 Å². The lowest BCUT2D eigenvalue weighted by Gasteiger charge is -1.90. The lowest BCUT2D eigenvalue weighted by molar-refractivity contribution is -0.394. The van der Waals surface area contributed by atoms with Crippen molar-refractivity contribution in [3.8, 4) is 0 Å². The summed E-state index contributed by atoms with van der Waals surface area (Å²) in [7, 11) is 0. The second-order valence-corrected chi connectivity index (χ2v) is 3.77. The van der Waals surface area contributed by atoms with Crippen LogP contribution < -0.4 is 0 Å². The van der Waals surface area contributed by atoms with Crippen LogP contribution in [0.25, 0.3) is 0 Å². The van der Waals surface area contributed by atoms with E-state index in [1.165, 1.54) is 18.2 Å². The number of hydrogen-bond donors (Lipinski definition) is 0. The van der Waals surface area contributed by atoms with E-state index in [1.54, 1.807) is 0 Å². The summed E-state index contributed by atoms with van der Waals surface area (Å²) < 4.78 is 0. The van der Waals surface area contributed by atoms with Crippen molar-refractivity contribution < 1.29 is 9.85 Å². The molecule has 98 valence electrons. The van der Waals surface area contributed by atoms with Crippen LogP contribution in [-0.4, -0.2) is 9.85 Å². The molecule has 19 heavy (non-hydrogen) atoms. The lowest BCUT2D eigenvalue weighted by Crippen LogP contribution is -1.91. The van der Waals surface area contributed by atoms with E-state index < -0.39 is 9.85 Å². The van der Waals surface area contributed by atoms with Crippen molar-refractivity contribution >= 4 is 23.0 Å². The summed E-state index contributed by atoms with van der Waals surface area (Å²) in [5, 5.41) is 21.1. The molecule has 0 heterocycles. The summed E-state index contributed by atoms with van der Waals surface area (Å²) in [4.78, 5) is 19.0. The second-order valence-electron chi connectivity index (χ2n) is 3.33. The standard InChI is InChI=1S/C6H5Cl.C6H4N2O4/c7-6-4-2-1-3-5-6;9-7(10)5-2-1-3-6(4-5)8(11)12/h1-5H;1-4H. The Bertz CT molecular complexity index is 546. The topological polar surface area (TPSA) is 86.3 Å². The van der Waals surface area contributed by atoms with Crippen LogP contribution in [0, 0.1) is 20.2 Å². The molecular formula is C12H9ClN2O4. The van der Waals surface area contributed by atoms with Gasteiger partial charge in [-0.2, -0.15) is 0 Å². The Hall–Kier alpha value is -2.47. The number of nitrogens with zero attached hydrogens (tertiary/aromatic N) is 2. The maximum absolute atomic E-state index is 10.2. The Morgan fingerprint density at radius 2 is 1.26 bits per heavy atom. The normalized spacial score (nSPS) is 9.11.